The SMILES string of the molecule is CCC(=O)N(c1ccc(O)cc1)C1CCN(CCc2ccccc2)CC1.CCC(=O)N(c1ccc(OCCOCCOCCOCCOC)cc1)C1CCN(CCc2ccccc2)CC1.COS(=O)(=O)c1ccc(C)cc1.Nc1ccc(O)cc1.O=C1CCN(CCc2ccccc2)CC1.Oc1cccc(NC2CCN(CCc3ccccc3)CC2)c1. The summed E-state index contributed by atoms with van der Waals surface area (Å²) in [4.78, 5) is 50.6. The summed E-state index contributed by atoms with van der Waals surface area (Å²) in [5.74, 6) is 2.32. The largest absolute Gasteiger partial charge is 0.508 e. The Kier molecular flexibility index (Phi) is 44.6. The lowest BCUT2D eigenvalue weighted by atomic mass is 10.0. The Morgan fingerprint density at radius 1 is 0.434 bits per heavy atom. The van der Waals surface area contributed by atoms with E-state index >= 15 is 0 Å². The van der Waals surface area contributed by atoms with Gasteiger partial charge in [0.25, 0.3) is 10.1 Å². The molecule has 0 radical (unpaired) electrons. The van der Waals surface area contributed by atoms with Crippen molar-refractivity contribution in [3.05, 3.63) is 270 Å². The van der Waals surface area contributed by atoms with E-state index in [1.807, 2.05) is 85.2 Å². The Morgan fingerprint density at radius 2 is 0.803 bits per heavy atom. The maximum Gasteiger partial charge on any atom is 0.296 e. The van der Waals surface area contributed by atoms with E-state index in [-0.39, 0.29) is 40.3 Å². The first kappa shape index (κ1) is 97.4. The molecule has 23 heteroatoms. The van der Waals surface area contributed by atoms with Gasteiger partial charge in [0, 0.05) is 158 Å². The molecule has 4 fully saturated rings. The number of nitrogens with one attached hydrogen (secondary N) is 1. The van der Waals surface area contributed by atoms with Crippen molar-refractivity contribution in [2.75, 3.05) is 166 Å². The number of ketones is 1. The first-order chi connectivity index (χ1) is 59.4. The number of carbonyl (C=O) groups is 3. The molecule has 13 rings (SSSR count). The number of carbonyl (C=O) groups excluding carboxylic acids is 3. The lowest BCUT2D eigenvalue weighted by molar-refractivity contribution is -0.121. The zero-order valence-electron chi connectivity index (χ0n) is 72.4. The number of benzene rings is 9. The Hall–Kier alpha value is -10.0. The topological polar surface area (TPSA) is 259 Å². The molecule has 22 nitrogen and oxygen atoms in total. The van der Waals surface area contributed by atoms with Crippen molar-refractivity contribution in [1.29, 1.82) is 0 Å². The van der Waals surface area contributed by atoms with Crippen LogP contribution in [0, 0.1) is 6.92 Å². The molecule has 0 saturated carbocycles. The van der Waals surface area contributed by atoms with Crippen molar-refractivity contribution >= 4 is 50.5 Å². The number of hydrogen-bond donors (Lipinski definition) is 5. The molecule has 4 saturated heterocycles. The van der Waals surface area contributed by atoms with Gasteiger partial charge in [0.1, 0.15) is 35.4 Å². The molecule has 6 N–H and O–H groups in total. The van der Waals surface area contributed by atoms with E-state index in [9.17, 15) is 33.0 Å². The molecular formula is C99H132N8O14S. The number of likely N-dealkylation sites (tertiary alicyclic amines) is 4. The number of aryl methyl sites for hydroxylation is 1. The number of amides is 2. The lowest BCUT2D eigenvalue weighted by Gasteiger charge is -2.38. The minimum Gasteiger partial charge on any atom is -0.508 e. The molecule has 4 aliphatic heterocycles. The monoisotopic (exact) mass is 1690 g/mol. The predicted molar refractivity (Wildman–Crippen MR) is 489 cm³/mol. The summed E-state index contributed by atoms with van der Waals surface area (Å²) in [5, 5.41) is 31.3. The molecular weight excluding hydrogens is 1560 g/mol. The van der Waals surface area contributed by atoms with Crippen molar-refractivity contribution in [1.82, 2.24) is 19.6 Å². The van der Waals surface area contributed by atoms with Gasteiger partial charge in [0.2, 0.25) is 11.8 Å². The van der Waals surface area contributed by atoms with Crippen LogP contribution in [-0.2, 0) is 73.3 Å². The van der Waals surface area contributed by atoms with Gasteiger partial charge in [-0.3, -0.25) is 18.6 Å². The Morgan fingerprint density at radius 3 is 1.18 bits per heavy atom. The quantitative estimate of drug-likeness (QED) is 0.0107. The molecule has 0 aromatic heterocycles. The second kappa shape index (κ2) is 55.9. The maximum atomic E-state index is 12.9. The van der Waals surface area contributed by atoms with Crippen molar-refractivity contribution in [3.8, 4) is 23.0 Å². The average molecular weight is 1690 g/mol. The molecule has 122 heavy (non-hydrogen) atoms. The molecule has 0 spiro atoms. The molecule has 2 amide bonds. The lowest BCUT2D eigenvalue weighted by Crippen LogP contribution is -2.47. The van der Waals surface area contributed by atoms with E-state index in [1.54, 1.807) is 67.8 Å². The summed E-state index contributed by atoms with van der Waals surface area (Å²) in [7, 11) is -0.716. The number of hydrogen-bond acceptors (Lipinski definition) is 20. The number of nitrogens with zero attached hydrogens (tertiary/aromatic N) is 6. The number of anilines is 4. The standard InChI is InChI=1S/C31H46N2O6.C22H28N2O2.C19H24N2O.C13H17NO.C8H10O3S.C6H7NO/c1-3-31(34)33(29-14-17-32(18-15-29)16-13-27-7-5-4-6-8-27)28-9-11-30(12-10-28)39-26-25-38-24-23-37-22-21-36-20-19-35-2;1-2-22(26)24(19-8-10-21(25)11-9-19)20-13-16-23(17-14-20)15-12-18-6-4-3-5-7-18;22-19-8-4-7-18(15-19)20-17-10-13-21(14-11-17)12-9-16-5-2-1-3-6-16;15-13-7-10-14(11-8-13)9-6-12-4-2-1-3-5-12;1-7-3-5-8(6-4-7)12(9,10)11-2;7-5-1-3-6(8)4-2-5/h4-12,29H,3,13-26H2,1-2H3;3-11,20,25H,2,12-17H2,1H3;1-8,15,17,20,22H,9-14H2;1-5H,6-11H2;3-6H,1-2H3;1-4,8H,7H2. The molecule has 0 atom stereocenters. The third kappa shape index (κ3) is 37.4. The number of phenolic OH excluding ortho intramolecular Hbond substituents is 3. The summed E-state index contributed by atoms with van der Waals surface area (Å²) < 4.78 is 53.6. The van der Waals surface area contributed by atoms with Gasteiger partial charge in [-0.1, -0.05) is 159 Å². The number of ether oxygens (including phenoxy) is 5. The van der Waals surface area contributed by atoms with Crippen LogP contribution in [0.4, 0.5) is 22.7 Å². The smallest absolute Gasteiger partial charge is 0.296 e. The second-order valence-electron chi connectivity index (χ2n) is 30.7. The van der Waals surface area contributed by atoms with E-state index in [1.165, 1.54) is 34.4 Å². The van der Waals surface area contributed by atoms with Crippen LogP contribution in [0.2, 0.25) is 0 Å². The van der Waals surface area contributed by atoms with E-state index in [0.717, 1.165) is 191 Å². The number of phenols is 3. The molecule has 0 bridgehead atoms. The van der Waals surface area contributed by atoms with E-state index in [4.69, 9.17) is 34.5 Å². The minimum atomic E-state index is -3.51. The van der Waals surface area contributed by atoms with Crippen LogP contribution in [0.5, 0.6) is 23.0 Å². The van der Waals surface area contributed by atoms with Gasteiger partial charge in [-0.2, -0.15) is 8.42 Å². The number of rotatable bonds is 35. The van der Waals surface area contributed by atoms with Crippen molar-refractivity contribution < 1.29 is 66.0 Å². The highest BCUT2D eigenvalue weighted by molar-refractivity contribution is 7.86. The highest BCUT2D eigenvalue weighted by Gasteiger charge is 2.31. The van der Waals surface area contributed by atoms with Gasteiger partial charge in [-0.25, -0.2) is 0 Å². The fourth-order valence-electron chi connectivity index (χ4n) is 14.6. The first-order valence-corrected chi connectivity index (χ1v) is 44.7. The summed E-state index contributed by atoms with van der Waals surface area (Å²) in [5.41, 5.74) is 15.4. The molecule has 4 heterocycles. The Labute approximate surface area is 725 Å². The van der Waals surface area contributed by atoms with Crippen LogP contribution in [-0.4, -0.2) is 225 Å². The van der Waals surface area contributed by atoms with Gasteiger partial charge < -0.3 is 79.5 Å². The Balaban J connectivity index is 0.000000194. The number of nitrogens with two attached hydrogens (primary N) is 1. The summed E-state index contributed by atoms with van der Waals surface area (Å²) in [6.07, 6.45) is 13.1. The number of methoxy groups -OCH3 is 1. The fourth-order valence-corrected chi connectivity index (χ4v) is 15.3. The van der Waals surface area contributed by atoms with Crippen LogP contribution in [0.3, 0.4) is 0 Å². The van der Waals surface area contributed by atoms with Gasteiger partial charge in [0.15, 0.2) is 0 Å². The van der Waals surface area contributed by atoms with Crippen LogP contribution >= 0.6 is 0 Å². The predicted octanol–water partition coefficient (Wildman–Crippen LogP) is 15.8. The van der Waals surface area contributed by atoms with Crippen LogP contribution < -0.4 is 25.6 Å². The zero-order valence-corrected chi connectivity index (χ0v) is 73.2. The second-order valence-corrected chi connectivity index (χ2v) is 32.4. The number of aromatic hydroxyl groups is 3. The van der Waals surface area contributed by atoms with Crippen LogP contribution in [0.1, 0.15) is 106 Å². The highest BCUT2D eigenvalue weighted by Crippen LogP contribution is 2.30. The van der Waals surface area contributed by atoms with Crippen molar-refractivity contribution in [2.24, 2.45) is 0 Å². The Bertz CT molecular complexity index is 4400. The fraction of sp³-hybridized carbons (Fsp3) is 0.424. The van der Waals surface area contributed by atoms with E-state index in [0.29, 0.717) is 89.0 Å². The van der Waals surface area contributed by atoms with Crippen molar-refractivity contribution in [3.63, 3.8) is 0 Å². The number of Topliss-reactive ketones (excluding diaryl/α,β-unsaturated/α-hetero) is 1. The normalized spacial score (nSPS) is 14.9. The minimum absolute atomic E-state index is 0.151. The molecule has 0 aliphatic carbocycles. The third-order valence-electron chi connectivity index (χ3n) is 21.8. The maximum absolute atomic E-state index is 12.9. The number of piperidine rings is 4. The molecule has 9 aromatic carbocycles. The van der Waals surface area contributed by atoms with Gasteiger partial charge in [-0.15, -0.1) is 0 Å². The summed E-state index contributed by atoms with van der Waals surface area (Å²) in [6, 6.07) is 78.6. The first-order valence-electron chi connectivity index (χ1n) is 43.3. The third-order valence-corrected chi connectivity index (χ3v) is 23.1. The summed E-state index contributed by atoms with van der Waals surface area (Å²) >= 11 is 0. The van der Waals surface area contributed by atoms with Gasteiger partial charge in [0.05, 0.1) is 58.3 Å². The van der Waals surface area contributed by atoms with E-state index < -0.39 is 10.1 Å². The van der Waals surface area contributed by atoms with E-state index in [2.05, 4.69) is 144 Å². The number of nitrogen functional groups attached to an aromatic ring is 1. The molecule has 0 unspecified atom stereocenters. The molecule has 658 valence electrons. The van der Waals surface area contributed by atoms with Gasteiger partial charge in [-0.05, 0) is 190 Å². The highest BCUT2D eigenvalue weighted by atomic mass is 32.2. The van der Waals surface area contributed by atoms with Gasteiger partial charge >= 0.3 is 0 Å². The van der Waals surface area contributed by atoms with Crippen molar-refractivity contribution in [2.45, 2.75) is 134 Å². The summed E-state index contributed by atoms with van der Waals surface area (Å²) in [6.45, 7) is 22.6. The average Bonchev–Trinajstić information content (AvgIpc) is 0.825. The molecule has 4 aliphatic rings. The zero-order chi connectivity index (χ0) is 86.8. The van der Waals surface area contributed by atoms with Crippen LogP contribution in [0.25, 0.3) is 0 Å². The molecule has 9 aromatic rings. The van der Waals surface area contributed by atoms with Crippen LogP contribution in [0.15, 0.2) is 248 Å².